The monoisotopic (exact) mass is 322 g/mol. The van der Waals surface area contributed by atoms with Crippen molar-refractivity contribution >= 4 is 11.9 Å². The van der Waals surface area contributed by atoms with Gasteiger partial charge in [-0.15, -0.1) is 0 Å². The first kappa shape index (κ1) is 20.7. The quantitative estimate of drug-likeness (QED) is 0.301. The van der Waals surface area contributed by atoms with Crippen molar-refractivity contribution in [2.24, 2.45) is 0 Å². The van der Waals surface area contributed by atoms with E-state index in [1.165, 1.54) is 38.5 Å². The Bertz CT molecular complexity index is 257. The smallest absolute Gasteiger partial charge is 0.335 e. The molecule has 0 radical (unpaired) electrons. The van der Waals surface area contributed by atoms with E-state index in [0.717, 1.165) is 13.1 Å². The molecule has 0 amide bonds. The van der Waals surface area contributed by atoms with Gasteiger partial charge in [0.05, 0.1) is 0 Å². The molecule has 1 saturated heterocycles. The van der Waals surface area contributed by atoms with E-state index >= 15 is 0 Å². The lowest BCUT2D eigenvalue weighted by atomic mass is 10.1. The summed E-state index contributed by atoms with van der Waals surface area (Å²) < 4.78 is 0. The summed E-state index contributed by atoms with van der Waals surface area (Å²) in [6.45, 7) is 2.07. The Morgan fingerprint density at radius 1 is 0.682 bits per heavy atom. The molecule has 10 heteroatoms. The van der Waals surface area contributed by atoms with E-state index in [0.29, 0.717) is 0 Å². The Balaban J connectivity index is 0.000000409. The minimum absolute atomic E-state index is 1.04. The summed E-state index contributed by atoms with van der Waals surface area (Å²) in [5, 5.41) is 32.5. The van der Waals surface area contributed by atoms with Gasteiger partial charge in [-0.05, 0) is 12.8 Å². The van der Waals surface area contributed by atoms with Crippen LogP contribution in [0.4, 0.5) is 0 Å². The average molecular weight is 322 g/mol. The molecule has 0 aliphatic carbocycles. The maximum absolute atomic E-state index is 9.77. The Labute approximate surface area is 128 Å². The molecule has 0 spiro atoms. The molecule has 8 N–H and O–H groups in total. The molecule has 130 valence electrons. The van der Waals surface area contributed by atoms with Gasteiger partial charge in [0.1, 0.15) is 0 Å². The Hall–Kier alpha value is -1.30. The van der Waals surface area contributed by atoms with Crippen LogP contribution in [0.15, 0.2) is 0 Å². The fourth-order valence-corrected chi connectivity index (χ4v) is 1.62. The molecule has 0 aromatic heterocycles. The van der Waals surface area contributed by atoms with Crippen LogP contribution in [0.1, 0.15) is 38.5 Å². The predicted molar refractivity (Wildman–Crippen MR) is 77.3 cm³/mol. The normalized spacial score (nSPS) is 20.3. The minimum atomic E-state index is -2.27. The fraction of sp³-hybridized carbons (Fsp3) is 0.833. The number of carboxylic acids is 2. The lowest BCUT2D eigenvalue weighted by molar-refractivity contribution is -0.165. The lowest BCUT2D eigenvalue weighted by Gasteiger charge is -2.11. The number of nitrogens with one attached hydrogen (secondary N) is 4. The first-order valence-corrected chi connectivity index (χ1v) is 7.24. The van der Waals surface area contributed by atoms with E-state index in [1.54, 1.807) is 0 Å². The van der Waals surface area contributed by atoms with Gasteiger partial charge in [-0.1, -0.05) is 25.7 Å². The SMILES string of the molecule is C1CCCCNNNNCCC1.O=C(O)C(O)C(O)C(=O)O. The summed E-state index contributed by atoms with van der Waals surface area (Å²) in [7, 11) is 0. The number of aliphatic hydroxyl groups is 2. The molecule has 0 saturated carbocycles. The zero-order valence-corrected chi connectivity index (χ0v) is 12.4. The topological polar surface area (TPSA) is 163 Å². The summed E-state index contributed by atoms with van der Waals surface area (Å²) in [6.07, 6.45) is 3.45. The second-order valence-corrected chi connectivity index (χ2v) is 4.79. The standard InChI is InChI=1S/C8H20N4.C4H6O6/c1-2-4-6-8-10-12-11-9-7-5-3-1;5-1(3(7)8)2(6)4(9)10/h9-12H,1-8H2;1-2,5-6H,(H,7,8)(H,9,10). The Kier molecular flexibility index (Phi) is 12.6. The summed E-state index contributed by atoms with van der Waals surface area (Å²) in [6, 6.07) is 0. The van der Waals surface area contributed by atoms with Crippen molar-refractivity contribution in [2.75, 3.05) is 13.1 Å². The van der Waals surface area contributed by atoms with Crippen molar-refractivity contribution in [3.8, 4) is 0 Å². The molecule has 1 aliphatic heterocycles. The van der Waals surface area contributed by atoms with Crippen LogP contribution in [-0.4, -0.2) is 57.7 Å². The third-order valence-electron chi connectivity index (χ3n) is 2.90. The molecule has 22 heavy (non-hydrogen) atoms. The molecule has 2 unspecified atom stereocenters. The minimum Gasteiger partial charge on any atom is -0.479 e. The van der Waals surface area contributed by atoms with E-state index in [9.17, 15) is 9.59 Å². The third kappa shape index (κ3) is 11.4. The lowest BCUT2D eigenvalue weighted by Crippen LogP contribution is -2.51. The van der Waals surface area contributed by atoms with Crippen LogP contribution in [0, 0.1) is 0 Å². The summed E-state index contributed by atoms with van der Waals surface area (Å²) in [5.41, 5.74) is 11.9. The maximum Gasteiger partial charge on any atom is 0.335 e. The van der Waals surface area contributed by atoms with E-state index in [4.69, 9.17) is 20.4 Å². The number of carboxylic acid groups (broad SMARTS) is 2. The van der Waals surface area contributed by atoms with Crippen LogP contribution in [0.5, 0.6) is 0 Å². The van der Waals surface area contributed by atoms with Crippen LogP contribution >= 0.6 is 0 Å². The van der Waals surface area contributed by atoms with Gasteiger partial charge >= 0.3 is 11.9 Å². The van der Waals surface area contributed by atoms with Crippen LogP contribution in [0.2, 0.25) is 0 Å². The van der Waals surface area contributed by atoms with E-state index < -0.39 is 24.1 Å². The van der Waals surface area contributed by atoms with Crippen molar-refractivity contribution in [3.05, 3.63) is 0 Å². The molecular formula is C12H26N4O6. The highest BCUT2D eigenvalue weighted by Crippen LogP contribution is 2.04. The highest BCUT2D eigenvalue weighted by Gasteiger charge is 2.29. The highest BCUT2D eigenvalue weighted by atomic mass is 16.4. The van der Waals surface area contributed by atoms with Gasteiger partial charge in [-0.2, -0.15) is 11.1 Å². The van der Waals surface area contributed by atoms with Crippen molar-refractivity contribution in [3.63, 3.8) is 0 Å². The van der Waals surface area contributed by atoms with Crippen molar-refractivity contribution in [1.82, 2.24) is 21.9 Å². The second-order valence-electron chi connectivity index (χ2n) is 4.79. The average Bonchev–Trinajstić information content (AvgIpc) is 2.46. The van der Waals surface area contributed by atoms with Gasteiger partial charge in [-0.3, -0.25) is 0 Å². The third-order valence-corrected chi connectivity index (χ3v) is 2.90. The molecule has 0 aromatic rings. The van der Waals surface area contributed by atoms with Gasteiger partial charge < -0.3 is 20.4 Å². The summed E-state index contributed by atoms with van der Waals surface area (Å²) in [4.78, 5) is 19.5. The van der Waals surface area contributed by atoms with E-state index in [-0.39, 0.29) is 0 Å². The second kappa shape index (κ2) is 13.4. The van der Waals surface area contributed by atoms with Crippen molar-refractivity contribution in [2.45, 2.75) is 50.7 Å². The summed E-state index contributed by atoms with van der Waals surface area (Å²) in [5.74, 6) is -3.54. The Morgan fingerprint density at radius 2 is 1.00 bits per heavy atom. The van der Waals surface area contributed by atoms with E-state index in [1.807, 2.05) is 0 Å². The number of rotatable bonds is 3. The van der Waals surface area contributed by atoms with Crippen molar-refractivity contribution in [1.29, 1.82) is 0 Å². The number of hydrogen-bond donors (Lipinski definition) is 8. The van der Waals surface area contributed by atoms with Crippen LogP contribution in [0.3, 0.4) is 0 Å². The molecule has 10 nitrogen and oxygen atoms in total. The number of hydrazine groups is 3. The summed E-state index contributed by atoms with van der Waals surface area (Å²) >= 11 is 0. The highest BCUT2D eigenvalue weighted by molar-refractivity contribution is 5.83. The molecule has 1 aliphatic rings. The maximum atomic E-state index is 9.77. The number of carbonyl (C=O) groups is 2. The van der Waals surface area contributed by atoms with E-state index in [2.05, 4.69) is 21.9 Å². The molecule has 1 fully saturated rings. The predicted octanol–water partition coefficient (Wildman–Crippen LogP) is -1.68. The zero-order valence-electron chi connectivity index (χ0n) is 12.4. The molecule has 0 bridgehead atoms. The van der Waals surface area contributed by atoms with Gasteiger partial charge in [0.15, 0.2) is 12.2 Å². The zero-order chi connectivity index (χ0) is 16.8. The van der Waals surface area contributed by atoms with Crippen molar-refractivity contribution < 1.29 is 30.0 Å². The fourth-order valence-electron chi connectivity index (χ4n) is 1.62. The van der Waals surface area contributed by atoms with Crippen LogP contribution < -0.4 is 21.9 Å². The molecule has 1 rings (SSSR count). The first-order valence-electron chi connectivity index (χ1n) is 7.24. The molecule has 0 aromatic carbocycles. The van der Waals surface area contributed by atoms with Crippen LogP contribution in [-0.2, 0) is 9.59 Å². The largest absolute Gasteiger partial charge is 0.479 e. The molecular weight excluding hydrogens is 296 g/mol. The van der Waals surface area contributed by atoms with Crippen LogP contribution in [0.25, 0.3) is 0 Å². The first-order chi connectivity index (χ1) is 10.5. The molecule has 1 heterocycles. The molecule has 2 atom stereocenters. The van der Waals surface area contributed by atoms with Gasteiger partial charge in [-0.25, -0.2) is 20.4 Å². The number of aliphatic hydroxyl groups excluding tert-OH is 2. The van der Waals surface area contributed by atoms with Gasteiger partial charge in [0.25, 0.3) is 0 Å². The van der Waals surface area contributed by atoms with Gasteiger partial charge in [0.2, 0.25) is 0 Å². The number of hydrogen-bond acceptors (Lipinski definition) is 8. The van der Waals surface area contributed by atoms with Gasteiger partial charge in [0, 0.05) is 13.1 Å². The Morgan fingerprint density at radius 3 is 1.32 bits per heavy atom. The number of aliphatic carboxylic acids is 2.